The van der Waals surface area contributed by atoms with Gasteiger partial charge in [0.2, 0.25) is 0 Å². The molecule has 0 saturated heterocycles. The number of rotatable bonds is 14. The van der Waals surface area contributed by atoms with Crippen molar-refractivity contribution in [1.29, 1.82) is 0 Å². The first-order valence-corrected chi connectivity index (χ1v) is 10.5. The molecular formula is C23H34CaN2O5. The van der Waals surface area contributed by atoms with Crippen LogP contribution in [-0.2, 0) is 27.5 Å². The average Bonchev–Trinajstić information content (AvgIpc) is 3.43. The number of unbranched alkanes of at least 4 members (excludes halogenated alkanes) is 6. The van der Waals surface area contributed by atoms with Gasteiger partial charge in [0, 0.05) is 49.8 Å². The van der Waals surface area contributed by atoms with E-state index in [0.29, 0.717) is 0 Å². The standard InChI is InChI=1S/2C11H17NO2.CH2O.Ca/c2*13-11(14)7-3-1-2-4-8-12-9-5-6-10-12;1-2;/h2*5-6,9-10H,1-4,7-8H2,(H,13,14);1H2;/q;;;+2/p-2. The number of hydrogen-bond donors (Lipinski definition) is 0. The molecule has 0 radical (unpaired) electrons. The normalized spacial score (nSPS) is 9.42. The van der Waals surface area contributed by atoms with Gasteiger partial charge in [-0.25, -0.2) is 0 Å². The SMILES string of the molecule is C=O.O=C([O-])CCCCCCn1cccc1.O=C([O-])CCCCCCn1cccc1.[Ca+2]. The molecule has 2 aromatic heterocycles. The van der Waals surface area contributed by atoms with E-state index in [0.717, 1.165) is 64.5 Å². The number of carboxylic acids is 2. The monoisotopic (exact) mass is 458 g/mol. The van der Waals surface area contributed by atoms with Gasteiger partial charge < -0.3 is 33.7 Å². The van der Waals surface area contributed by atoms with Crippen LogP contribution in [-0.4, -0.2) is 65.6 Å². The van der Waals surface area contributed by atoms with Gasteiger partial charge in [-0.15, -0.1) is 0 Å². The first-order valence-electron chi connectivity index (χ1n) is 10.5. The summed E-state index contributed by atoms with van der Waals surface area (Å²) in [6.07, 6.45) is 16.4. The third-order valence-electron chi connectivity index (χ3n) is 4.43. The Kier molecular flexibility index (Phi) is 23.6. The Morgan fingerprint density at radius 3 is 1.16 bits per heavy atom. The van der Waals surface area contributed by atoms with E-state index < -0.39 is 11.9 Å². The number of hydrogen-bond acceptors (Lipinski definition) is 5. The van der Waals surface area contributed by atoms with Gasteiger partial charge in [0.05, 0.1) is 0 Å². The van der Waals surface area contributed by atoms with E-state index in [-0.39, 0.29) is 50.6 Å². The molecule has 2 aromatic rings. The number of aromatic nitrogens is 2. The van der Waals surface area contributed by atoms with Crippen LogP contribution in [0.15, 0.2) is 49.1 Å². The predicted octanol–water partition coefficient (Wildman–Crippen LogP) is 1.81. The summed E-state index contributed by atoms with van der Waals surface area (Å²) < 4.78 is 4.28. The Hall–Kier alpha value is -1.57. The molecule has 0 atom stereocenters. The molecule has 0 spiro atoms. The van der Waals surface area contributed by atoms with Gasteiger partial charge in [-0.05, 0) is 62.8 Å². The number of aryl methyl sites for hydroxylation is 2. The summed E-state index contributed by atoms with van der Waals surface area (Å²) in [5.41, 5.74) is 0. The summed E-state index contributed by atoms with van der Waals surface area (Å²) in [5, 5.41) is 20.2. The second-order valence-corrected chi connectivity index (χ2v) is 6.91. The molecule has 7 nitrogen and oxygen atoms in total. The molecule has 0 aliphatic heterocycles. The summed E-state index contributed by atoms with van der Waals surface area (Å²) in [4.78, 5) is 28.2. The van der Waals surface area contributed by atoms with E-state index in [9.17, 15) is 19.8 Å². The molecular weight excluding hydrogens is 424 g/mol. The molecule has 0 aliphatic carbocycles. The first kappa shape index (κ1) is 31.6. The van der Waals surface area contributed by atoms with Crippen LogP contribution < -0.4 is 10.2 Å². The fourth-order valence-corrected chi connectivity index (χ4v) is 2.87. The Morgan fingerprint density at radius 2 is 0.871 bits per heavy atom. The Bertz CT molecular complexity index is 589. The van der Waals surface area contributed by atoms with Gasteiger partial charge in [-0.1, -0.05) is 25.7 Å². The predicted molar refractivity (Wildman–Crippen MR) is 118 cm³/mol. The maximum absolute atomic E-state index is 10.1. The molecule has 2 rings (SSSR count). The van der Waals surface area contributed by atoms with Crippen molar-refractivity contribution in [3.8, 4) is 0 Å². The Morgan fingerprint density at radius 1 is 0.581 bits per heavy atom. The Balaban J connectivity index is 0. The van der Waals surface area contributed by atoms with Crippen molar-refractivity contribution in [2.75, 3.05) is 0 Å². The van der Waals surface area contributed by atoms with Crippen molar-refractivity contribution < 1.29 is 24.6 Å². The third kappa shape index (κ3) is 21.4. The number of nitrogens with zero attached hydrogens (tertiary/aromatic N) is 2. The summed E-state index contributed by atoms with van der Waals surface area (Å²) in [5.74, 6) is -1.87. The van der Waals surface area contributed by atoms with Gasteiger partial charge in [-0.2, -0.15) is 0 Å². The number of carbonyl (C=O) groups excluding carboxylic acids is 3. The van der Waals surface area contributed by atoms with Gasteiger partial charge in [0.1, 0.15) is 6.79 Å². The molecule has 8 heteroatoms. The molecule has 0 amide bonds. The molecule has 0 saturated carbocycles. The molecule has 0 aromatic carbocycles. The van der Waals surface area contributed by atoms with Crippen LogP contribution in [0.1, 0.15) is 64.2 Å². The van der Waals surface area contributed by atoms with Crippen LogP contribution in [0.3, 0.4) is 0 Å². The van der Waals surface area contributed by atoms with Crippen LogP contribution in [0.25, 0.3) is 0 Å². The third-order valence-corrected chi connectivity index (χ3v) is 4.43. The van der Waals surface area contributed by atoms with Crippen molar-refractivity contribution in [3.63, 3.8) is 0 Å². The zero-order valence-corrected chi connectivity index (χ0v) is 20.7. The van der Waals surface area contributed by atoms with Gasteiger partial charge >= 0.3 is 37.7 Å². The van der Waals surface area contributed by atoms with E-state index in [1.807, 2.05) is 55.8 Å². The largest absolute Gasteiger partial charge is 2.00 e. The fraction of sp³-hybridized carbons (Fsp3) is 0.522. The molecule has 0 unspecified atom stereocenters. The van der Waals surface area contributed by atoms with E-state index in [2.05, 4.69) is 9.13 Å². The summed E-state index contributed by atoms with van der Waals surface area (Å²) in [6, 6.07) is 8.04. The van der Waals surface area contributed by atoms with Gasteiger partial charge in [-0.3, -0.25) is 0 Å². The van der Waals surface area contributed by atoms with Crippen LogP contribution in [0, 0.1) is 0 Å². The van der Waals surface area contributed by atoms with Crippen LogP contribution in [0.5, 0.6) is 0 Å². The van der Waals surface area contributed by atoms with Crippen molar-refractivity contribution in [2.24, 2.45) is 0 Å². The molecule has 0 N–H and O–H groups in total. The van der Waals surface area contributed by atoms with Crippen molar-refractivity contribution in [1.82, 2.24) is 9.13 Å². The minimum absolute atomic E-state index is 0. The summed E-state index contributed by atoms with van der Waals surface area (Å²) >= 11 is 0. The Labute approximate surface area is 215 Å². The number of carbonyl (C=O) groups is 3. The fourth-order valence-electron chi connectivity index (χ4n) is 2.87. The van der Waals surface area contributed by atoms with Crippen LogP contribution in [0.2, 0.25) is 0 Å². The van der Waals surface area contributed by atoms with Crippen molar-refractivity contribution >= 4 is 56.5 Å². The summed E-state index contributed by atoms with van der Waals surface area (Å²) in [6.45, 7) is 4.05. The molecule has 0 fully saturated rings. The van der Waals surface area contributed by atoms with Gasteiger partial charge in [0.25, 0.3) is 0 Å². The second kappa shape index (κ2) is 23.1. The maximum Gasteiger partial charge on any atom is 2.00 e. The van der Waals surface area contributed by atoms with Gasteiger partial charge in [0.15, 0.2) is 0 Å². The molecule has 168 valence electrons. The molecule has 0 bridgehead atoms. The van der Waals surface area contributed by atoms with E-state index in [1.54, 1.807) is 0 Å². The summed E-state index contributed by atoms with van der Waals surface area (Å²) in [7, 11) is 0. The van der Waals surface area contributed by atoms with E-state index in [4.69, 9.17) is 4.79 Å². The average molecular weight is 459 g/mol. The van der Waals surface area contributed by atoms with Crippen LogP contribution >= 0.6 is 0 Å². The zero-order chi connectivity index (χ0) is 22.5. The second-order valence-electron chi connectivity index (χ2n) is 6.91. The molecule has 2 heterocycles. The maximum atomic E-state index is 10.1. The van der Waals surface area contributed by atoms with Crippen LogP contribution in [0.4, 0.5) is 0 Å². The minimum Gasteiger partial charge on any atom is -0.550 e. The topological polar surface area (TPSA) is 107 Å². The molecule has 0 aliphatic rings. The van der Waals surface area contributed by atoms with Crippen molar-refractivity contribution in [3.05, 3.63) is 49.1 Å². The number of carboxylic acid groups (broad SMARTS) is 2. The smallest absolute Gasteiger partial charge is 0.550 e. The van der Waals surface area contributed by atoms with E-state index in [1.165, 1.54) is 0 Å². The van der Waals surface area contributed by atoms with Crippen molar-refractivity contribution in [2.45, 2.75) is 77.3 Å². The van der Waals surface area contributed by atoms with E-state index >= 15 is 0 Å². The quantitative estimate of drug-likeness (QED) is 0.317. The minimum atomic E-state index is -0.935. The first-order chi connectivity index (χ1) is 14.6. The number of aliphatic carboxylic acids is 2. The molecule has 31 heavy (non-hydrogen) atoms. The zero-order valence-electron chi connectivity index (χ0n) is 18.5.